The summed E-state index contributed by atoms with van der Waals surface area (Å²) in [6, 6.07) is 2.05. The van der Waals surface area contributed by atoms with Gasteiger partial charge in [-0.1, -0.05) is 0 Å². The molecule has 1 fully saturated rings. The lowest BCUT2D eigenvalue weighted by molar-refractivity contribution is 0.127. The van der Waals surface area contributed by atoms with E-state index in [2.05, 4.69) is 26.3 Å². The van der Waals surface area contributed by atoms with Gasteiger partial charge in [-0.2, -0.15) is 0 Å². The highest BCUT2D eigenvalue weighted by molar-refractivity contribution is 7.16. The summed E-state index contributed by atoms with van der Waals surface area (Å²) >= 11 is 1.64. The molecule has 0 aliphatic carbocycles. The molecule has 1 aliphatic rings. The monoisotopic (exact) mass is 292 g/mol. The van der Waals surface area contributed by atoms with Crippen LogP contribution in [0.5, 0.6) is 0 Å². The Morgan fingerprint density at radius 3 is 3.10 bits per heavy atom. The first-order valence-electron chi connectivity index (χ1n) is 6.99. The Hall–Kier alpha value is -1.24. The fraction of sp³-hybridized carbons (Fsp3) is 0.571. The normalized spacial score (nSPS) is 21.4. The van der Waals surface area contributed by atoms with Gasteiger partial charge in [0.15, 0.2) is 0 Å². The second-order valence-electron chi connectivity index (χ2n) is 5.40. The number of aromatic nitrogens is 2. The topological polar surface area (TPSA) is 61.3 Å². The number of hydrogen-bond donors (Lipinski definition) is 2. The van der Waals surface area contributed by atoms with E-state index in [-0.39, 0.29) is 6.10 Å². The zero-order chi connectivity index (χ0) is 14.1. The van der Waals surface area contributed by atoms with E-state index in [1.54, 1.807) is 11.3 Å². The molecule has 0 spiro atoms. The van der Waals surface area contributed by atoms with E-state index in [4.69, 9.17) is 0 Å². The van der Waals surface area contributed by atoms with Crippen molar-refractivity contribution < 1.29 is 5.11 Å². The predicted octanol–water partition coefficient (Wildman–Crippen LogP) is 1.94. The van der Waals surface area contributed by atoms with Crippen molar-refractivity contribution in [2.24, 2.45) is 5.92 Å². The number of rotatable bonds is 4. The summed E-state index contributed by atoms with van der Waals surface area (Å²) in [6.45, 7) is 4.57. The number of aliphatic hydroxyl groups is 1. The van der Waals surface area contributed by atoms with E-state index in [1.165, 1.54) is 0 Å². The molecule has 3 heterocycles. The number of hydrogen-bond acceptors (Lipinski definition) is 6. The molecule has 0 radical (unpaired) electrons. The SMILES string of the molecule is CNc1nc(CN2CCC(C(C)O)C2)nc2sccc12. The van der Waals surface area contributed by atoms with Gasteiger partial charge in [0.05, 0.1) is 18.0 Å². The van der Waals surface area contributed by atoms with Gasteiger partial charge in [-0.3, -0.25) is 4.90 Å². The number of aliphatic hydroxyl groups excluding tert-OH is 1. The second-order valence-corrected chi connectivity index (χ2v) is 6.30. The van der Waals surface area contributed by atoms with Crippen molar-refractivity contribution in [1.29, 1.82) is 0 Å². The first-order valence-corrected chi connectivity index (χ1v) is 7.87. The number of likely N-dealkylation sites (tertiary alicyclic amines) is 1. The summed E-state index contributed by atoms with van der Waals surface area (Å²) in [4.78, 5) is 12.6. The lowest BCUT2D eigenvalue weighted by atomic mass is 10.0. The second kappa shape index (κ2) is 5.63. The Bertz CT molecular complexity index is 598. The van der Waals surface area contributed by atoms with Crippen LogP contribution in [0.4, 0.5) is 5.82 Å². The van der Waals surface area contributed by atoms with Gasteiger partial charge >= 0.3 is 0 Å². The zero-order valence-corrected chi connectivity index (χ0v) is 12.7. The Morgan fingerprint density at radius 1 is 1.55 bits per heavy atom. The minimum absolute atomic E-state index is 0.228. The third-order valence-electron chi connectivity index (χ3n) is 3.96. The van der Waals surface area contributed by atoms with Gasteiger partial charge in [-0.05, 0) is 37.3 Å². The molecule has 108 valence electrons. The maximum Gasteiger partial charge on any atom is 0.146 e. The van der Waals surface area contributed by atoms with Crippen LogP contribution in [0.1, 0.15) is 19.2 Å². The fourth-order valence-electron chi connectivity index (χ4n) is 2.76. The summed E-state index contributed by atoms with van der Waals surface area (Å²) < 4.78 is 0. The molecular weight excluding hydrogens is 272 g/mol. The third-order valence-corrected chi connectivity index (χ3v) is 4.77. The van der Waals surface area contributed by atoms with Crippen molar-refractivity contribution in [1.82, 2.24) is 14.9 Å². The van der Waals surface area contributed by atoms with Gasteiger partial charge in [0, 0.05) is 13.6 Å². The number of thiophene rings is 1. The maximum atomic E-state index is 9.67. The minimum Gasteiger partial charge on any atom is -0.393 e. The Kier molecular flexibility index (Phi) is 3.87. The molecule has 0 amide bonds. The largest absolute Gasteiger partial charge is 0.393 e. The molecule has 3 rings (SSSR count). The molecule has 2 unspecified atom stereocenters. The molecule has 0 bridgehead atoms. The lowest BCUT2D eigenvalue weighted by Gasteiger charge is -2.16. The predicted molar refractivity (Wildman–Crippen MR) is 82.0 cm³/mol. The molecule has 2 aromatic heterocycles. The van der Waals surface area contributed by atoms with Crippen molar-refractivity contribution >= 4 is 27.4 Å². The molecule has 2 aromatic rings. The average molecular weight is 292 g/mol. The van der Waals surface area contributed by atoms with Crippen LogP contribution in [-0.2, 0) is 6.54 Å². The van der Waals surface area contributed by atoms with Crippen LogP contribution in [-0.4, -0.2) is 46.2 Å². The molecule has 1 saturated heterocycles. The minimum atomic E-state index is -0.228. The van der Waals surface area contributed by atoms with Gasteiger partial charge < -0.3 is 10.4 Å². The van der Waals surface area contributed by atoms with Crippen molar-refractivity contribution in [3.63, 3.8) is 0 Å². The highest BCUT2D eigenvalue weighted by atomic mass is 32.1. The Labute approximate surface area is 122 Å². The van der Waals surface area contributed by atoms with E-state index < -0.39 is 0 Å². The zero-order valence-electron chi connectivity index (χ0n) is 11.8. The first-order chi connectivity index (χ1) is 9.67. The maximum absolute atomic E-state index is 9.67. The molecule has 0 aromatic carbocycles. The number of nitrogens with one attached hydrogen (secondary N) is 1. The van der Waals surface area contributed by atoms with Crippen molar-refractivity contribution in [2.45, 2.75) is 26.0 Å². The summed E-state index contributed by atoms with van der Waals surface area (Å²) in [6.07, 6.45) is 0.825. The summed E-state index contributed by atoms with van der Waals surface area (Å²) in [5.41, 5.74) is 0. The lowest BCUT2D eigenvalue weighted by Crippen LogP contribution is -2.24. The van der Waals surface area contributed by atoms with Crippen LogP contribution in [0.3, 0.4) is 0 Å². The van der Waals surface area contributed by atoms with Crippen LogP contribution >= 0.6 is 11.3 Å². The number of anilines is 1. The molecule has 6 heteroatoms. The average Bonchev–Trinajstić information content (AvgIpc) is 3.06. The van der Waals surface area contributed by atoms with Gasteiger partial charge in [0.1, 0.15) is 16.5 Å². The summed E-state index contributed by atoms with van der Waals surface area (Å²) in [5.74, 6) is 2.14. The van der Waals surface area contributed by atoms with Crippen LogP contribution < -0.4 is 5.32 Å². The molecule has 2 N–H and O–H groups in total. The van der Waals surface area contributed by atoms with Crippen LogP contribution in [0, 0.1) is 5.92 Å². The van der Waals surface area contributed by atoms with E-state index in [0.717, 1.165) is 47.9 Å². The molecule has 1 aliphatic heterocycles. The molecule has 20 heavy (non-hydrogen) atoms. The molecular formula is C14H20N4OS. The highest BCUT2D eigenvalue weighted by Gasteiger charge is 2.26. The quantitative estimate of drug-likeness (QED) is 0.902. The summed E-state index contributed by atoms with van der Waals surface area (Å²) in [7, 11) is 1.89. The van der Waals surface area contributed by atoms with Gasteiger partial charge in [-0.25, -0.2) is 9.97 Å². The Balaban J connectivity index is 1.78. The van der Waals surface area contributed by atoms with Crippen LogP contribution in [0.2, 0.25) is 0 Å². The number of fused-ring (bicyclic) bond motifs is 1. The van der Waals surface area contributed by atoms with Crippen molar-refractivity contribution in [2.75, 3.05) is 25.5 Å². The van der Waals surface area contributed by atoms with Gasteiger partial charge in [0.2, 0.25) is 0 Å². The van der Waals surface area contributed by atoms with Gasteiger partial charge in [-0.15, -0.1) is 11.3 Å². The first kappa shape index (κ1) is 13.7. The smallest absolute Gasteiger partial charge is 0.146 e. The van der Waals surface area contributed by atoms with Crippen molar-refractivity contribution in [3.8, 4) is 0 Å². The Morgan fingerprint density at radius 2 is 2.40 bits per heavy atom. The van der Waals surface area contributed by atoms with E-state index in [0.29, 0.717) is 5.92 Å². The van der Waals surface area contributed by atoms with Crippen LogP contribution in [0.25, 0.3) is 10.2 Å². The third kappa shape index (κ3) is 2.63. The van der Waals surface area contributed by atoms with Gasteiger partial charge in [0.25, 0.3) is 0 Å². The van der Waals surface area contributed by atoms with E-state index in [1.807, 2.05) is 19.4 Å². The van der Waals surface area contributed by atoms with Crippen LogP contribution in [0.15, 0.2) is 11.4 Å². The molecule has 2 atom stereocenters. The van der Waals surface area contributed by atoms with E-state index >= 15 is 0 Å². The standard InChI is InChI=1S/C14H20N4OS/c1-9(19)10-3-5-18(7-10)8-12-16-13(15-2)11-4-6-20-14(11)17-12/h4,6,9-10,19H,3,5,7-8H2,1-2H3,(H,15,16,17). The van der Waals surface area contributed by atoms with E-state index in [9.17, 15) is 5.11 Å². The molecule has 0 saturated carbocycles. The highest BCUT2D eigenvalue weighted by Crippen LogP contribution is 2.26. The van der Waals surface area contributed by atoms with Crippen molar-refractivity contribution in [3.05, 3.63) is 17.3 Å². The summed E-state index contributed by atoms with van der Waals surface area (Å²) in [5, 5.41) is 15.9. The number of nitrogens with zero attached hydrogens (tertiary/aromatic N) is 3. The fourth-order valence-corrected chi connectivity index (χ4v) is 3.54. The molecule has 5 nitrogen and oxygen atoms in total.